The van der Waals surface area contributed by atoms with Gasteiger partial charge in [0.05, 0.1) is 13.1 Å². The largest absolute Gasteiger partial charge is 1.00 e. The maximum atomic E-state index is 10.4. The van der Waals surface area contributed by atoms with Gasteiger partial charge < -0.3 is 20.4 Å². The van der Waals surface area contributed by atoms with E-state index in [1.54, 1.807) is 0 Å². The van der Waals surface area contributed by atoms with E-state index < -0.39 is 18.0 Å². The zero-order chi connectivity index (χ0) is 8.85. The number of carbonyl (C=O) groups is 2. The average molecular weight is 183 g/mol. The summed E-state index contributed by atoms with van der Waals surface area (Å²) in [4.78, 5) is 20.5. The van der Waals surface area contributed by atoms with E-state index in [2.05, 4.69) is 4.74 Å². The smallest absolute Gasteiger partial charge is 0.548 e. The van der Waals surface area contributed by atoms with Crippen LogP contribution in [0.5, 0.6) is 0 Å². The van der Waals surface area contributed by atoms with Crippen molar-refractivity contribution < 1.29 is 49.0 Å². The Hall–Kier alpha value is -0.100. The number of nitrogens with two attached hydrogens (primary N) is 1. The molecule has 0 aliphatic carbocycles. The molecule has 0 aromatic rings. The number of hydrogen-bond acceptors (Lipinski definition) is 5. The molecule has 1 atom stereocenters. The molecule has 0 amide bonds. The second kappa shape index (κ2) is 7.54. The first kappa shape index (κ1) is 14.4. The molecular weight excluding hydrogens is 173 g/mol. The molecule has 0 rings (SSSR count). The monoisotopic (exact) mass is 183 g/mol. The summed E-state index contributed by atoms with van der Waals surface area (Å²) in [7, 11) is 1.23. The third-order valence-electron chi connectivity index (χ3n) is 1.19. The molecule has 0 aromatic heterocycles. The zero-order valence-corrected chi connectivity index (χ0v) is 9.20. The van der Waals surface area contributed by atoms with Crippen LogP contribution < -0.4 is 40.4 Å². The van der Waals surface area contributed by atoms with Crippen LogP contribution in [0.15, 0.2) is 0 Å². The van der Waals surface area contributed by atoms with Crippen molar-refractivity contribution in [2.45, 2.75) is 18.9 Å². The first-order valence-corrected chi connectivity index (χ1v) is 3.11. The van der Waals surface area contributed by atoms with E-state index in [0.29, 0.717) is 0 Å². The number of carboxylic acids is 1. The Labute approximate surface area is 92.5 Å². The molecule has 0 radical (unpaired) electrons. The molecule has 12 heavy (non-hydrogen) atoms. The summed E-state index contributed by atoms with van der Waals surface area (Å²) < 4.78 is 4.27. The summed E-state index contributed by atoms with van der Waals surface area (Å²) in [6.45, 7) is 0. The summed E-state index contributed by atoms with van der Waals surface area (Å²) in [5.41, 5.74) is 5.05. The van der Waals surface area contributed by atoms with Crippen molar-refractivity contribution in [3.05, 3.63) is 0 Å². The van der Waals surface area contributed by atoms with Gasteiger partial charge in [-0.2, -0.15) is 0 Å². The Kier molecular flexibility index (Phi) is 9.07. The number of aliphatic carboxylic acids is 1. The van der Waals surface area contributed by atoms with E-state index in [9.17, 15) is 14.7 Å². The number of ether oxygens (including phenoxy) is 1. The molecule has 0 heterocycles. The second-order valence-electron chi connectivity index (χ2n) is 2.04. The van der Waals surface area contributed by atoms with Gasteiger partial charge in [0.15, 0.2) is 0 Å². The number of carbonyl (C=O) groups excluding carboxylic acids is 2. The summed E-state index contributed by atoms with van der Waals surface area (Å²) in [6, 6.07) is -1.09. The molecule has 6 heteroatoms. The summed E-state index contributed by atoms with van der Waals surface area (Å²) >= 11 is 0. The van der Waals surface area contributed by atoms with Crippen LogP contribution in [0.2, 0.25) is 0 Å². The van der Waals surface area contributed by atoms with Crippen LogP contribution in [0.3, 0.4) is 0 Å². The quantitative estimate of drug-likeness (QED) is 0.348. The van der Waals surface area contributed by atoms with Crippen LogP contribution in [0.4, 0.5) is 0 Å². The Morgan fingerprint density at radius 2 is 2.08 bits per heavy atom. The summed E-state index contributed by atoms with van der Waals surface area (Å²) in [6.07, 6.45) is 0.0562. The van der Waals surface area contributed by atoms with E-state index in [4.69, 9.17) is 5.73 Å². The normalized spacial score (nSPS) is 11.2. The molecule has 0 saturated carbocycles. The predicted octanol–water partition coefficient (Wildman–Crippen LogP) is -4.98. The van der Waals surface area contributed by atoms with E-state index in [1.807, 2.05) is 0 Å². The van der Waals surface area contributed by atoms with E-state index >= 15 is 0 Å². The third-order valence-corrected chi connectivity index (χ3v) is 1.19. The number of hydrogen-bond donors (Lipinski definition) is 1. The number of rotatable bonds is 4. The molecule has 0 saturated heterocycles. The molecule has 0 spiro atoms. The minimum absolute atomic E-state index is 0. The van der Waals surface area contributed by atoms with Crippen LogP contribution in [0, 0.1) is 0 Å². The van der Waals surface area contributed by atoms with Gasteiger partial charge in [0.1, 0.15) is 0 Å². The van der Waals surface area contributed by atoms with Crippen molar-refractivity contribution in [2.75, 3.05) is 7.11 Å². The molecule has 5 nitrogen and oxygen atoms in total. The van der Waals surface area contributed by atoms with Gasteiger partial charge >= 0.3 is 35.5 Å². The van der Waals surface area contributed by atoms with Crippen molar-refractivity contribution in [1.29, 1.82) is 0 Å². The van der Waals surface area contributed by atoms with Crippen LogP contribution in [-0.4, -0.2) is 25.1 Å². The van der Waals surface area contributed by atoms with Gasteiger partial charge in [-0.3, -0.25) is 4.79 Å². The van der Waals surface area contributed by atoms with Gasteiger partial charge in [-0.1, -0.05) is 0 Å². The molecule has 0 aromatic carbocycles. The molecule has 2 N–H and O–H groups in total. The van der Waals surface area contributed by atoms with E-state index in [1.165, 1.54) is 7.11 Å². The van der Waals surface area contributed by atoms with E-state index in [0.717, 1.165) is 0 Å². The van der Waals surface area contributed by atoms with Crippen molar-refractivity contribution in [1.82, 2.24) is 0 Å². The fourth-order valence-electron chi connectivity index (χ4n) is 0.493. The minimum Gasteiger partial charge on any atom is -0.548 e. The van der Waals surface area contributed by atoms with Crippen molar-refractivity contribution in [2.24, 2.45) is 5.73 Å². The maximum absolute atomic E-state index is 10.4. The first-order chi connectivity index (χ1) is 5.07. The summed E-state index contributed by atoms with van der Waals surface area (Å²) in [5.74, 6) is -1.82. The Bertz CT molecular complexity index is 162. The maximum Gasteiger partial charge on any atom is 1.00 e. The molecular formula is C6H10NNaO4. The third kappa shape index (κ3) is 6.60. The Balaban J connectivity index is 0. The number of esters is 1. The van der Waals surface area contributed by atoms with Crippen LogP contribution in [0.25, 0.3) is 0 Å². The number of carboxylic acid groups (broad SMARTS) is 1. The zero-order valence-electron chi connectivity index (χ0n) is 7.20. The first-order valence-electron chi connectivity index (χ1n) is 3.11. The SMILES string of the molecule is COC(=O)CC[C@H](N)C(=O)[O-].[Na+]. The molecule has 0 unspecified atom stereocenters. The number of methoxy groups -OCH3 is 1. The van der Waals surface area contributed by atoms with Crippen LogP contribution >= 0.6 is 0 Å². The van der Waals surface area contributed by atoms with Gasteiger partial charge in [0.25, 0.3) is 0 Å². The Morgan fingerprint density at radius 3 is 2.42 bits per heavy atom. The van der Waals surface area contributed by atoms with E-state index in [-0.39, 0.29) is 42.4 Å². The second-order valence-corrected chi connectivity index (χ2v) is 2.04. The fourth-order valence-corrected chi connectivity index (χ4v) is 0.493. The molecule has 0 bridgehead atoms. The molecule has 0 aliphatic heterocycles. The van der Waals surface area contributed by atoms with Crippen molar-refractivity contribution >= 4 is 11.9 Å². The van der Waals surface area contributed by atoms with Gasteiger partial charge in [-0.05, 0) is 6.42 Å². The van der Waals surface area contributed by atoms with Crippen molar-refractivity contribution in [3.63, 3.8) is 0 Å². The van der Waals surface area contributed by atoms with Crippen LogP contribution in [-0.2, 0) is 14.3 Å². The minimum atomic E-state index is -1.35. The molecule has 0 fully saturated rings. The summed E-state index contributed by atoms with van der Waals surface area (Å²) in [5, 5.41) is 10.0. The molecule has 64 valence electrons. The fraction of sp³-hybridized carbons (Fsp3) is 0.667. The Morgan fingerprint density at radius 1 is 1.58 bits per heavy atom. The molecule has 0 aliphatic rings. The van der Waals surface area contributed by atoms with Crippen LogP contribution in [0.1, 0.15) is 12.8 Å². The predicted molar refractivity (Wildman–Crippen MR) is 34.2 cm³/mol. The van der Waals surface area contributed by atoms with Gasteiger partial charge in [-0.25, -0.2) is 0 Å². The van der Waals surface area contributed by atoms with Gasteiger partial charge in [0.2, 0.25) is 0 Å². The average Bonchev–Trinajstić information content (AvgIpc) is 1.99. The standard InChI is InChI=1S/C6H11NO4.Na/c1-11-5(8)3-2-4(7)6(9)10;/h4H,2-3,7H2,1H3,(H,9,10);/q;+1/p-1/t4-;/m0./s1. The van der Waals surface area contributed by atoms with Gasteiger partial charge in [-0.15, -0.1) is 0 Å². The van der Waals surface area contributed by atoms with Gasteiger partial charge in [0, 0.05) is 12.5 Å². The van der Waals surface area contributed by atoms with Crippen molar-refractivity contribution in [3.8, 4) is 0 Å². The topological polar surface area (TPSA) is 92.5 Å².